The summed E-state index contributed by atoms with van der Waals surface area (Å²) in [6, 6.07) is 9.49. The Morgan fingerprint density at radius 3 is 2.52 bits per heavy atom. The predicted molar refractivity (Wildman–Crippen MR) is 87.9 cm³/mol. The zero-order chi connectivity index (χ0) is 16.7. The molecule has 1 aliphatic heterocycles. The van der Waals surface area contributed by atoms with E-state index < -0.39 is 6.10 Å². The molecule has 1 atom stereocenters. The number of carbonyl (C=O) groups is 2. The maximum Gasteiger partial charge on any atom is 0.261 e. The van der Waals surface area contributed by atoms with Gasteiger partial charge < -0.3 is 15.8 Å². The van der Waals surface area contributed by atoms with Crippen LogP contribution in [0.5, 0.6) is 5.75 Å². The van der Waals surface area contributed by atoms with Crippen molar-refractivity contribution in [1.29, 1.82) is 0 Å². The Morgan fingerprint density at radius 1 is 1.30 bits per heavy atom. The van der Waals surface area contributed by atoms with Gasteiger partial charge in [0.2, 0.25) is 5.91 Å². The minimum atomic E-state index is -0.485. The lowest BCUT2D eigenvalue weighted by Crippen LogP contribution is -2.49. The summed E-state index contributed by atoms with van der Waals surface area (Å²) in [5.41, 5.74) is 5.20. The summed E-state index contributed by atoms with van der Waals surface area (Å²) in [5.74, 6) is 0.310. The minimum Gasteiger partial charge on any atom is -0.481 e. The Bertz CT molecular complexity index is 513. The van der Waals surface area contributed by atoms with Gasteiger partial charge in [0, 0.05) is 19.1 Å². The Hall–Kier alpha value is -2.08. The SMILES string of the molecule is CC[C@@H](Oc1ccccc1)C(=O)NC1CCN(CC(N)=O)CC1. The van der Waals surface area contributed by atoms with Crippen LogP contribution in [0.25, 0.3) is 0 Å². The summed E-state index contributed by atoms with van der Waals surface area (Å²) >= 11 is 0. The molecule has 0 unspecified atom stereocenters. The van der Waals surface area contributed by atoms with Crippen molar-refractivity contribution in [3.63, 3.8) is 0 Å². The summed E-state index contributed by atoms with van der Waals surface area (Å²) < 4.78 is 5.76. The molecule has 1 fully saturated rings. The van der Waals surface area contributed by atoms with E-state index in [1.165, 1.54) is 0 Å². The highest BCUT2D eigenvalue weighted by molar-refractivity contribution is 5.81. The maximum atomic E-state index is 12.4. The Kier molecular flexibility index (Phi) is 6.40. The molecule has 1 aliphatic rings. The molecule has 0 aliphatic carbocycles. The number of amides is 2. The highest BCUT2D eigenvalue weighted by atomic mass is 16.5. The van der Waals surface area contributed by atoms with E-state index in [0.29, 0.717) is 12.2 Å². The number of nitrogens with two attached hydrogens (primary N) is 1. The van der Waals surface area contributed by atoms with Gasteiger partial charge in [0.05, 0.1) is 6.54 Å². The van der Waals surface area contributed by atoms with Crippen molar-refractivity contribution in [1.82, 2.24) is 10.2 Å². The third-order valence-corrected chi connectivity index (χ3v) is 4.00. The van der Waals surface area contributed by atoms with E-state index >= 15 is 0 Å². The van der Waals surface area contributed by atoms with Gasteiger partial charge in [-0.15, -0.1) is 0 Å². The molecule has 1 aromatic carbocycles. The third kappa shape index (κ3) is 5.56. The van der Waals surface area contributed by atoms with Gasteiger partial charge in [0.1, 0.15) is 5.75 Å². The van der Waals surface area contributed by atoms with E-state index in [1.54, 1.807) is 0 Å². The molecule has 6 nitrogen and oxygen atoms in total. The van der Waals surface area contributed by atoms with Crippen LogP contribution < -0.4 is 15.8 Å². The molecule has 0 bridgehead atoms. The Morgan fingerprint density at radius 2 is 1.96 bits per heavy atom. The lowest BCUT2D eigenvalue weighted by molar-refractivity contribution is -0.129. The summed E-state index contributed by atoms with van der Waals surface area (Å²) in [7, 11) is 0. The second-order valence-electron chi connectivity index (χ2n) is 5.85. The van der Waals surface area contributed by atoms with E-state index in [2.05, 4.69) is 5.32 Å². The van der Waals surface area contributed by atoms with Crippen molar-refractivity contribution < 1.29 is 14.3 Å². The first-order valence-electron chi connectivity index (χ1n) is 8.11. The third-order valence-electron chi connectivity index (χ3n) is 4.00. The fraction of sp³-hybridized carbons (Fsp3) is 0.529. The number of carbonyl (C=O) groups excluding carboxylic acids is 2. The first-order valence-corrected chi connectivity index (χ1v) is 8.11. The van der Waals surface area contributed by atoms with Gasteiger partial charge >= 0.3 is 0 Å². The Labute approximate surface area is 137 Å². The number of para-hydroxylation sites is 1. The highest BCUT2D eigenvalue weighted by Gasteiger charge is 2.25. The highest BCUT2D eigenvalue weighted by Crippen LogP contribution is 2.14. The molecule has 0 spiro atoms. The number of rotatable bonds is 7. The van der Waals surface area contributed by atoms with Gasteiger partial charge in [-0.05, 0) is 31.4 Å². The zero-order valence-electron chi connectivity index (χ0n) is 13.5. The van der Waals surface area contributed by atoms with E-state index in [-0.39, 0.29) is 24.4 Å². The predicted octanol–water partition coefficient (Wildman–Crippen LogP) is 0.910. The fourth-order valence-electron chi connectivity index (χ4n) is 2.74. The molecule has 1 saturated heterocycles. The molecule has 1 heterocycles. The van der Waals surface area contributed by atoms with Gasteiger partial charge in [-0.3, -0.25) is 14.5 Å². The Balaban J connectivity index is 1.80. The molecule has 2 rings (SSSR count). The van der Waals surface area contributed by atoms with E-state index in [1.807, 2.05) is 42.2 Å². The topological polar surface area (TPSA) is 84.7 Å². The van der Waals surface area contributed by atoms with Gasteiger partial charge in [-0.25, -0.2) is 0 Å². The monoisotopic (exact) mass is 319 g/mol. The second kappa shape index (κ2) is 8.53. The van der Waals surface area contributed by atoms with Crippen molar-refractivity contribution in [2.45, 2.75) is 38.3 Å². The number of nitrogens with one attached hydrogen (secondary N) is 1. The largest absolute Gasteiger partial charge is 0.481 e. The molecular formula is C17H25N3O3. The molecule has 6 heteroatoms. The van der Waals surface area contributed by atoms with E-state index in [0.717, 1.165) is 25.9 Å². The average Bonchev–Trinajstić information content (AvgIpc) is 2.55. The average molecular weight is 319 g/mol. The normalized spacial score (nSPS) is 17.4. The number of benzene rings is 1. The van der Waals surface area contributed by atoms with Gasteiger partial charge in [0.25, 0.3) is 5.91 Å². The van der Waals surface area contributed by atoms with Gasteiger partial charge in [0.15, 0.2) is 6.10 Å². The maximum absolute atomic E-state index is 12.4. The fourth-order valence-corrected chi connectivity index (χ4v) is 2.74. The second-order valence-corrected chi connectivity index (χ2v) is 5.85. The molecule has 3 N–H and O–H groups in total. The van der Waals surface area contributed by atoms with Crippen LogP contribution in [0.15, 0.2) is 30.3 Å². The van der Waals surface area contributed by atoms with Crippen LogP contribution in [0.2, 0.25) is 0 Å². The van der Waals surface area contributed by atoms with Crippen LogP contribution in [-0.2, 0) is 9.59 Å². The number of ether oxygens (including phenoxy) is 1. The minimum absolute atomic E-state index is 0.0790. The number of piperidine rings is 1. The molecule has 23 heavy (non-hydrogen) atoms. The van der Waals surface area contributed by atoms with E-state index in [4.69, 9.17) is 10.5 Å². The molecule has 1 aromatic rings. The van der Waals surface area contributed by atoms with Crippen LogP contribution in [0.4, 0.5) is 0 Å². The van der Waals surface area contributed by atoms with Gasteiger partial charge in [-0.1, -0.05) is 25.1 Å². The number of likely N-dealkylation sites (tertiary alicyclic amines) is 1. The first kappa shape index (κ1) is 17.3. The van der Waals surface area contributed by atoms with Crippen molar-refractivity contribution in [2.24, 2.45) is 5.73 Å². The number of hydrogen-bond donors (Lipinski definition) is 2. The van der Waals surface area contributed by atoms with Crippen molar-refractivity contribution in [3.8, 4) is 5.75 Å². The first-order chi connectivity index (χ1) is 11.1. The molecule has 2 amide bonds. The lowest BCUT2D eigenvalue weighted by Gasteiger charge is -2.32. The van der Waals surface area contributed by atoms with E-state index in [9.17, 15) is 9.59 Å². The molecule has 0 radical (unpaired) electrons. The van der Waals surface area contributed by atoms with Crippen LogP contribution in [-0.4, -0.2) is 48.5 Å². The zero-order valence-corrected chi connectivity index (χ0v) is 13.5. The quantitative estimate of drug-likeness (QED) is 0.782. The molecular weight excluding hydrogens is 294 g/mol. The molecule has 126 valence electrons. The number of primary amides is 1. The summed E-state index contributed by atoms with van der Waals surface area (Å²) in [6.07, 6.45) is 1.77. The lowest BCUT2D eigenvalue weighted by atomic mass is 10.0. The van der Waals surface area contributed by atoms with Crippen LogP contribution in [0.1, 0.15) is 26.2 Å². The van der Waals surface area contributed by atoms with Crippen LogP contribution in [0.3, 0.4) is 0 Å². The van der Waals surface area contributed by atoms with Crippen LogP contribution >= 0.6 is 0 Å². The van der Waals surface area contributed by atoms with Crippen molar-refractivity contribution in [2.75, 3.05) is 19.6 Å². The number of hydrogen-bond acceptors (Lipinski definition) is 4. The summed E-state index contributed by atoms with van der Waals surface area (Å²) in [5, 5.41) is 3.06. The molecule has 0 aromatic heterocycles. The van der Waals surface area contributed by atoms with Gasteiger partial charge in [-0.2, -0.15) is 0 Å². The summed E-state index contributed by atoms with van der Waals surface area (Å²) in [6.45, 7) is 3.76. The smallest absolute Gasteiger partial charge is 0.261 e. The summed E-state index contributed by atoms with van der Waals surface area (Å²) in [4.78, 5) is 25.3. The standard InChI is InChI=1S/C17H25N3O3/c1-2-15(23-14-6-4-3-5-7-14)17(22)19-13-8-10-20(11-9-13)12-16(18)21/h3-7,13,15H,2,8-12H2,1H3,(H2,18,21)(H,19,22)/t15-/m1/s1. The van der Waals surface area contributed by atoms with Crippen LogP contribution in [0, 0.1) is 0 Å². The number of nitrogens with zero attached hydrogens (tertiary/aromatic N) is 1. The van der Waals surface area contributed by atoms with Crippen molar-refractivity contribution >= 4 is 11.8 Å². The van der Waals surface area contributed by atoms with Crippen molar-refractivity contribution in [3.05, 3.63) is 30.3 Å². The molecule has 0 saturated carbocycles.